The van der Waals surface area contributed by atoms with Crippen LogP contribution in [0.5, 0.6) is 0 Å². The molecule has 1 atom stereocenters. The first-order valence-electron chi connectivity index (χ1n) is 10.3. The molecule has 4 rings (SSSR count). The molecule has 6 nitrogen and oxygen atoms in total. The van der Waals surface area contributed by atoms with E-state index in [-0.39, 0.29) is 17.6 Å². The third-order valence-electron chi connectivity index (χ3n) is 5.51. The van der Waals surface area contributed by atoms with E-state index in [1.807, 2.05) is 33.2 Å². The van der Waals surface area contributed by atoms with Crippen molar-refractivity contribution < 1.29 is 13.2 Å². The number of aromatic nitrogens is 5. The summed E-state index contributed by atoms with van der Waals surface area (Å²) in [6.45, 7) is 7.16. The van der Waals surface area contributed by atoms with E-state index in [0.29, 0.717) is 17.9 Å². The number of hydrogen-bond donors (Lipinski definition) is 0. The first-order chi connectivity index (χ1) is 14.3. The fourth-order valence-electron chi connectivity index (χ4n) is 3.90. The first kappa shape index (κ1) is 20.7. The minimum atomic E-state index is -4.50. The number of rotatable bonds is 5. The molecule has 30 heavy (non-hydrogen) atoms. The maximum absolute atomic E-state index is 13.7. The van der Waals surface area contributed by atoms with Crippen LogP contribution >= 0.6 is 0 Å². The van der Waals surface area contributed by atoms with E-state index >= 15 is 0 Å². The zero-order chi connectivity index (χ0) is 21.5. The van der Waals surface area contributed by atoms with Crippen LogP contribution in [0, 0.1) is 0 Å². The van der Waals surface area contributed by atoms with Crippen molar-refractivity contribution in [2.45, 2.75) is 64.7 Å². The summed E-state index contributed by atoms with van der Waals surface area (Å²) >= 11 is 0. The highest BCUT2D eigenvalue weighted by molar-refractivity contribution is 5.44. The van der Waals surface area contributed by atoms with Gasteiger partial charge >= 0.3 is 6.18 Å². The quantitative estimate of drug-likeness (QED) is 0.608. The predicted molar refractivity (Wildman–Crippen MR) is 106 cm³/mol. The minimum absolute atomic E-state index is 0.0545. The van der Waals surface area contributed by atoms with Crippen LogP contribution in [-0.4, -0.2) is 36.0 Å². The van der Waals surface area contributed by atoms with Crippen molar-refractivity contribution in [2.75, 3.05) is 6.54 Å². The summed E-state index contributed by atoms with van der Waals surface area (Å²) in [6, 6.07) is 2.75. The lowest BCUT2D eigenvalue weighted by atomic mass is 10.1. The number of halogens is 3. The summed E-state index contributed by atoms with van der Waals surface area (Å²) in [4.78, 5) is 15.3. The molecule has 3 aromatic heterocycles. The minimum Gasteiger partial charge on any atom is -0.290 e. The first-order valence-corrected chi connectivity index (χ1v) is 10.3. The molecule has 0 spiro atoms. The lowest BCUT2D eigenvalue weighted by Crippen LogP contribution is -2.23. The zero-order valence-corrected chi connectivity index (χ0v) is 17.3. The SMILES string of the molecule is CCc1ncc(CN2CCC[C@@H]2c2cc3nc(C(C)C)cc(C(F)(F)F)n3n2)cn1. The van der Waals surface area contributed by atoms with Crippen molar-refractivity contribution in [1.82, 2.24) is 29.5 Å². The molecule has 1 aliphatic heterocycles. The van der Waals surface area contributed by atoms with Gasteiger partial charge < -0.3 is 0 Å². The van der Waals surface area contributed by atoms with Gasteiger partial charge in [-0.3, -0.25) is 4.90 Å². The van der Waals surface area contributed by atoms with Gasteiger partial charge in [0.2, 0.25) is 0 Å². The van der Waals surface area contributed by atoms with E-state index < -0.39 is 11.9 Å². The van der Waals surface area contributed by atoms with Crippen molar-refractivity contribution in [3.63, 3.8) is 0 Å². The van der Waals surface area contributed by atoms with Crippen molar-refractivity contribution in [2.24, 2.45) is 0 Å². The van der Waals surface area contributed by atoms with Crippen LogP contribution in [0.25, 0.3) is 5.65 Å². The van der Waals surface area contributed by atoms with Gasteiger partial charge in [-0.05, 0) is 31.4 Å². The molecule has 1 fully saturated rings. The van der Waals surface area contributed by atoms with Gasteiger partial charge in [-0.2, -0.15) is 18.3 Å². The normalized spacial score (nSPS) is 18.0. The highest BCUT2D eigenvalue weighted by atomic mass is 19.4. The third kappa shape index (κ3) is 4.03. The van der Waals surface area contributed by atoms with Crippen molar-refractivity contribution in [3.8, 4) is 0 Å². The topological polar surface area (TPSA) is 59.2 Å². The van der Waals surface area contributed by atoms with Crippen molar-refractivity contribution in [1.29, 1.82) is 0 Å². The Morgan fingerprint density at radius 1 is 1.17 bits per heavy atom. The average molecular weight is 418 g/mol. The second-order valence-corrected chi connectivity index (χ2v) is 8.05. The highest BCUT2D eigenvalue weighted by Crippen LogP contribution is 2.35. The Labute approximate surface area is 173 Å². The van der Waals surface area contributed by atoms with Crippen LogP contribution in [0.4, 0.5) is 13.2 Å². The number of aryl methyl sites for hydroxylation is 1. The molecule has 0 radical (unpaired) electrons. The van der Waals surface area contributed by atoms with Gasteiger partial charge in [-0.25, -0.2) is 19.5 Å². The fourth-order valence-corrected chi connectivity index (χ4v) is 3.90. The average Bonchev–Trinajstić information content (AvgIpc) is 3.33. The van der Waals surface area contributed by atoms with Crippen molar-refractivity contribution >= 4 is 5.65 Å². The molecule has 0 unspecified atom stereocenters. The second kappa shape index (κ2) is 7.94. The Morgan fingerprint density at radius 3 is 2.53 bits per heavy atom. The van der Waals surface area contributed by atoms with E-state index in [1.165, 1.54) is 0 Å². The van der Waals surface area contributed by atoms with E-state index in [9.17, 15) is 13.2 Å². The van der Waals surface area contributed by atoms with Gasteiger partial charge in [0.05, 0.1) is 11.7 Å². The molecule has 0 N–H and O–H groups in total. The van der Waals surface area contributed by atoms with E-state index in [1.54, 1.807) is 6.07 Å². The molecule has 9 heteroatoms. The monoisotopic (exact) mass is 418 g/mol. The summed E-state index contributed by atoms with van der Waals surface area (Å²) in [6.07, 6.45) is 1.73. The number of likely N-dealkylation sites (tertiary alicyclic amines) is 1. The number of fused-ring (bicyclic) bond motifs is 1. The summed E-state index contributed by atoms with van der Waals surface area (Å²) in [7, 11) is 0. The smallest absolute Gasteiger partial charge is 0.290 e. The largest absolute Gasteiger partial charge is 0.433 e. The van der Waals surface area contributed by atoms with Crippen LogP contribution in [0.1, 0.15) is 74.0 Å². The third-order valence-corrected chi connectivity index (χ3v) is 5.51. The predicted octanol–water partition coefficient (Wildman–Crippen LogP) is 4.56. The van der Waals surface area contributed by atoms with Crippen LogP contribution < -0.4 is 0 Å². The van der Waals surface area contributed by atoms with E-state index in [4.69, 9.17) is 0 Å². The molecule has 4 heterocycles. The number of hydrogen-bond acceptors (Lipinski definition) is 5. The molecule has 0 aliphatic carbocycles. The fraction of sp³-hybridized carbons (Fsp3) is 0.524. The Kier molecular flexibility index (Phi) is 5.48. The Bertz CT molecular complexity index is 1030. The highest BCUT2D eigenvalue weighted by Gasteiger charge is 2.36. The molecule has 0 amide bonds. The van der Waals surface area contributed by atoms with Gasteiger partial charge in [-0.1, -0.05) is 20.8 Å². The molecule has 0 aromatic carbocycles. The molecular weight excluding hydrogens is 393 g/mol. The Hall–Kier alpha value is -2.55. The molecule has 160 valence electrons. The lowest BCUT2D eigenvalue weighted by Gasteiger charge is -2.22. The van der Waals surface area contributed by atoms with Crippen LogP contribution in [0.3, 0.4) is 0 Å². The summed E-state index contributed by atoms with van der Waals surface area (Å²) in [5, 5.41) is 4.34. The van der Waals surface area contributed by atoms with Crippen molar-refractivity contribution in [3.05, 3.63) is 53.0 Å². The van der Waals surface area contributed by atoms with Gasteiger partial charge in [0.15, 0.2) is 5.65 Å². The molecule has 1 saturated heterocycles. The van der Waals surface area contributed by atoms with Crippen LogP contribution in [-0.2, 0) is 19.1 Å². The summed E-state index contributed by atoms with van der Waals surface area (Å²) in [5.74, 6) is 0.687. The Balaban J connectivity index is 1.67. The second-order valence-electron chi connectivity index (χ2n) is 8.05. The number of alkyl halides is 3. The number of nitrogens with zero attached hydrogens (tertiary/aromatic N) is 6. The van der Waals surface area contributed by atoms with Gasteiger partial charge in [0.1, 0.15) is 11.5 Å². The summed E-state index contributed by atoms with van der Waals surface area (Å²) in [5.41, 5.74) is 1.48. The van der Waals surface area contributed by atoms with Gasteiger partial charge in [-0.15, -0.1) is 0 Å². The molecule has 0 saturated carbocycles. The lowest BCUT2D eigenvalue weighted by molar-refractivity contribution is -0.142. The van der Waals surface area contributed by atoms with Crippen LogP contribution in [0.2, 0.25) is 0 Å². The molecule has 3 aromatic rings. The maximum atomic E-state index is 13.7. The summed E-state index contributed by atoms with van der Waals surface area (Å²) < 4.78 is 41.9. The Morgan fingerprint density at radius 2 is 1.90 bits per heavy atom. The molecule has 0 bridgehead atoms. The van der Waals surface area contributed by atoms with Crippen LogP contribution in [0.15, 0.2) is 24.5 Å². The van der Waals surface area contributed by atoms with Gasteiger partial charge in [0.25, 0.3) is 0 Å². The zero-order valence-electron chi connectivity index (χ0n) is 17.3. The van der Waals surface area contributed by atoms with E-state index in [0.717, 1.165) is 47.8 Å². The van der Waals surface area contributed by atoms with E-state index in [2.05, 4.69) is 25.0 Å². The van der Waals surface area contributed by atoms with Gasteiger partial charge in [0, 0.05) is 42.7 Å². The maximum Gasteiger partial charge on any atom is 0.433 e. The standard InChI is InChI=1S/C21H25F3N6/c1-4-19-25-10-14(11-26-19)12-29-7-5-6-17(29)16-9-20-27-15(13(2)3)8-18(21(22,23)24)30(20)28-16/h8-11,13,17H,4-7,12H2,1-3H3/t17-/m1/s1. The molecule has 1 aliphatic rings. The molecular formula is C21H25F3N6.